The van der Waals surface area contributed by atoms with Gasteiger partial charge in [0.25, 0.3) is 0 Å². The van der Waals surface area contributed by atoms with Crippen LogP contribution in [0.2, 0.25) is 0 Å². The second-order valence-electron chi connectivity index (χ2n) is 8.38. The third-order valence-corrected chi connectivity index (χ3v) is 5.60. The summed E-state index contributed by atoms with van der Waals surface area (Å²) < 4.78 is 0. The molecule has 3 aromatic rings. The zero-order valence-electron chi connectivity index (χ0n) is 18.8. The summed E-state index contributed by atoms with van der Waals surface area (Å²) in [6.45, 7) is 10.7. The molecule has 0 amide bonds. The second-order valence-corrected chi connectivity index (χ2v) is 8.38. The van der Waals surface area contributed by atoms with E-state index < -0.39 is 5.97 Å². The van der Waals surface area contributed by atoms with Crippen molar-refractivity contribution in [2.75, 3.05) is 0 Å². The summed E-state index contributed by atoms with van der Waals surface area (Å²) in [5.74, 6) is -0.540. The van der Waals surface area contributed by atoms with E-state index in [1.54, 1.807) is 6.07 Å². The van der Waals surface area contributed by atoms with Crippen LogP contribution in [0.1, 0.15) is 52.2 Å². The molecule has 3 N–H and O–H groups in total. The van der Waals surface area contributed by atoms with Crippen LogP contribution in [-0.2, 0) is 13.0 Å². The minimum absolute atomic E-state index is 0. The van der Waals surface area contributed by atoms with Gasteiger partial charge in [-0.25, -0.2) is 4.79 Å². The molecule has 0 aliphatic heterocycles. The van der Waals surface area contributed by atoms with Crippen LogP contribution >= 0.6 is 12.4 Å². The number of aryl methyl sites for hydroxylation is 2. The molecule has 4 nitrogen and oxygen atoms in total. The van der Waals surface area contributed by atoms with Gasteiger partial charge < -0.3 is 10.8 Å². The van der Waals surface area contributed by atoms with Crippen LogP contribution in [0.4, 0.5) is 0 Å². The third kappa shape index (κ3) is 5.15. The van der Waals surface area contributed by atoms with Crippen LogP contribution in [-0.4, -0.2) is 16.1 Å². The molecule has 0 spiro atoms. The van der Waals surface area contributed by atoms with E-state index in [1.165, 1.54) is 5.56 Å². The van der Waals surface area contributed by atoms with Crippen molar-refractivity contribution in [2.45, 2.75) is 47.6 Å². The van der Waals surface area contributed by atoms with Gasteiger partial charge in [-0.05, 0) is 73.1 Å². The molecule has 0 unspecified atom stereocenters. The van der Waals surface area contributed by atoms with Gasteiger partial charge >= 0.3 is 5.97 Å². The normalized spacial score (nSPS) is 10.8. The van der Waals surface area contributed by atoms with Gasteiger partial charge in [0.2, 0.25) is 0 Å². The predicted octanol–water partition coefficient (Wildman–Crippen LogP) is 6.12. The second kappa shape index (κ2) is 10.1. The molecule has 31 heavy (non-hydrogen) atoms. The number of carbonyl (C=O) groups is 1. The molecule has 164 valence electrons. The van der Waals surface area contributed by atoms with Crippen LogP contribution < -0.4 is 5.73 Å². The number of nitrogens with two attached hydrogens (primary N) is 1. The topological polar surface area (TPSA) is 76.2 Å². The molecule has 0 atom stereocenters. The van der Waals surface area contributed by atoms with Gasteiger partial charge in [0.1, 0.15) is 0 Å². The smallest absolute Gasteiger partial charge is 0.336 e. The molecule has 0 saturated carbocycles. The SMILES string of the molecule is Cc1ccc(-c2cc(-c3c(C(=O)O)ccc(C)c3C)nc(CC(C)C)c2CN)cc1.Cl. The van der Waals surface area contributed by atoms with Crippen molar-refractivity contribution in [3.05, 3.63) is 76.0 Å². The first-order valence-electron chi connectivity index (χ1n) is 10.4. The zero-order chi connectivity index (χ0) is 22.0. The summed E-state index contributed by atoms with van der Waals surface area (Å²) >= 11 is 0. The number of aromatic carboxylic acids is 1. The number of nitrogens with zero attached hydrogens (tertiary/aromatic N) is 1. The number of aromatic nitrogens is 1. The van der Waals surface area contributed by atoms with Gasteiger partial charge in [0.15, 0.2) is 0 Å². The van der Waals surface area contributed by atoms with E-state index >= 15 is 0 Å². The molecule has 2 aromatic carbocycles. The van der Waals surface area contributed by atoms with Crippen molar-refractivity contribution in [3.63, 3.8) is 0 Å². The molecule has 0 bridgehead atoms. The molecule has 5 heteroatoms. The third-order valence-electron chi connectivity index (χ3n) is 5.60. The fourth-order valence-corrected chi connectivity index (χ4v) is 3.85. The monoisotopic (exact) mass is 438 g/mol. The van der Waals surface area contributed by atoms with Gasteiger partial charge in [-0.2, -0.15) is 0 Å². The number of carboxylic acid groups (broad SMARTS) is 1. The average Bonchev–Trinajstić information content (AvgIpc) is 2.69. The van der Waals surface area contributed by atoms with Crippen molar-refractivity contribution >= 4 is 18.4 Å². The number of carboxylic acids is 1. The summed E-state index contributed by atoms with van der Waals surface area (Å²) in [6.07, 6.45) is 0.784. The highest BCUT2D eigenvalue weighted by Crippen LogP contribution is 2.35. The Balaban J connectivity index is 0.00000341. The first-order valence-corrected chi connectivity index (χ1v) is 10.4. The Morgan fingerprint density at radius 3 is 2.26 bits per heavy atom. The van der Waals surface area contributed by atoms with E-state index in [9.17, 15) is 9.90 Å². The highest BCUT2D eigenvalue weighted by Gasteiger charge is 2.21. The van der Waals surface area contributed by atoms with E-state index in [1.807, 2.05) is 26.0 Å². The largest absolute Gasteiger partial charge is 0.478 e. The van der Waals surface area contributed by atoms with Gasteiger partial charge in [-0.3, -0.25) is 4.98 Å². The molecule has 3 rings (SSSR count). The highest BCUT2D eigenvalue weighted by molar-refractivity contribution is 5.97. The minimum atomic E-state index is -0.944. The molecule has 0 fully saturated rings. The Hall–Kier alpha value is -2.69. The van der Waals surface area contributed by atoms with Gasteiger partial charge in [0, 0.05) is 17.8 Å². The van der Waals surface area contributed by atoms with Crippen molar-refractivity contribution in [2.24, 2.45) is 11.7 Å². The highest BCUT2D eigenvalue weighted by atomic mass is 35.5. The average molecular weight is 439 g/mol. The molecule has 0 aliphatic carbocycles. The Kier molecular flexibility index (Phi) is 7.99. The lowest BCUT2D eigenvalue weighted by Gasteiger charge is -2.19. The molecule has 0 aliphatic rings. The summed E-state index contributed by atoms with van der Waals surface area (Å²) in [5, 5.41) is 9.83. The molecule has 0 radical (unpaired) electrons. The van der Waals surface area contributed by atoms with Crippen LogP contribution in [0.3, 0.4) is 0 Å². The predicted molar refractivity (Wildman–Crippen MR) is 130 cm³/mol. The first kappa shape index (κ1) is 24.6. The van der Waals surface area contributed by atoms with Crippen molar-refractivity contribution in [1.82, 2.24) is 4.98 Å². The van der Waals surface area contributed by atoms with Gasteiger partial charge in [0.05, 0.1) is 11.3 Å². The maximum atomic E-state index is 12.0. The van der Waals surface area contributed by atoms with Crippen molar-refractivity contribution < 1.29 is 9.90 Å². The van der Waals surface area contributed by atoms with Crippen LogP contribution in [0.5, 0.6) is 0 Å². The van der Waals surface area contributed by atoms with E-state index in [4.69, 9.17) is 10.7 Å². The number of hydrogen-bond acceptors (Lipinski definition) is 3. The van der Waals surface area contributed by atoms with Crippen LogP contribution in [0, 0.1) is 26.7 Å². The van der Waals surface area contributed by atoms with Crippen LogP contribution in [0.15, 0.2) is 42.5 Å². The lowest BCUT2D eigenvalue weighted by atomic mass is 9.90. The van der Waals surface area contributed by atoms with E-state index in [2.05, 4.69) is 45.0 Å². The molecule has 1 heterocycles. The van der Waals surface area contributed by atoms with Crippen LogP contribution in [0.25, 0.3) is 22.4 Å². The molecular formula is C26H31ClN2O2. The standard InChI is InChI=1S/C26H30N2O2.ClH/c1-15(2)12-23-22(14-27)21(19-9-6-16(3)7-10-19)13-24(28-23)25-18(5)17(4)8-11-20(25)26(29)30;/h6-11,13,15H,12,14,27H2,1-5H3,(H,29,30);1H. The van der Waals surface area contributed by atoms with E-state index in [0.717, 1.165) is 39.9 Å². The molecule has 1 aromatic heterocycles. The summed E-state index contributed by atoms with van der Waals surface area (Å²) in [4.78, 5) is 16.9. The van der Waals surface area contributed by atoms with Gasteiger partial charge in [-0.1, -0.05) is 49.7 Å². The fourth-order valence-electron chi connectivity index (χ4n) is 3.85. The number of rotatable bonds is 6. The van der Waals surface area contributed by atoms with E-state index in [0.29, 0.717) is 23.7 Å². The lowest BCUT2D eigenvalue weighted by molar-refractivity contribution is 0.0697. The number of benzene rings is 2. The van der Waals surface area contributed by atoms with Crippen molar-refractivity contribution in [3.8, 4) is 22.4 Å². The zero-order valence-corrected chi connectivity index (χ0v) is 19.6. The minimum Gasteiger partial charge on any atom is -0.478 e. The molecule has 0 saturated heterocycles. The summed E-state index contributed by atoms with van der Waals surface area (Å²) in [7, 11) is 0. The number of hydrogen-bond donors (Lipinski definition) is 2. The van der Waals surface area contributed by atoms with Crippen molar-refractivity contribution in [1.29, 1.82) is 0 Å². The Morgan fingerprint density at radius 2 is 1.71 bits per heavy atom. The Labute approximate surface area is 190 Å². The summed E-state index contributed by atoms with van der Waals surface area (Å²) in [6, 6.07) is 13.9. The maximum Gasteiger partial charge on any atom is 0.336 e. The molecular weight excluding hydrogens is 408 g/mol. The quantitative estimate of drug-likeness (QED) is 0.486. The first-order chi connectivity index (χ1) is 14.2. The number of pyridine rings is 1. The summed E-state index contributed by atoms with van der Waals surface area (Å²) in [5.41, 5.74) is 15.1. The maximum absolute atomic E-state index is 12.0. The fraction of sp³-hybridized carbons (Fsp3) is 0.308. The number of halogens is 1. The lowest BCUT2D eigenvalue weighted by Crippen LogP contribution is -2.11. The Morgan fingerprint density at radius 1 is 1.06 bits per heavy atom. The van der Waals surface area contributed by atoms with Gasteiger partial charge in [-0.15, -0.1) is 12.4 Å². The Bertz CT molecular complexity index is 1090. The van der Waals surface area contributed by atoms with E-state index in [-0.39, 0.29) is 18.0 Å².